The number of sulfonamides is 2. The number of anilines is 2. The van der Waals surface area contributed by atoms with Gasteiger partial charge >= 0.3 is 5.76 Å². The highest BCUT2D eigenvalue weighted by Gasteiger charge is 2.21. The Morgan fingerprint density at radius 3 is 2.41 bits per heavy atom. The van der Waals surface area contributed by atoms with Crippen LogP contribution in [0.5, 0.6) is 0 Å². The molecule has 1 heterocycles. The Kier molecular flexibility index (Phi) is 5.49. The number of rotatable bonds is 6. The van der Waals surface area contributed by atoms with Crippen molar-refractivity contribution in [3.05, 3.63) is 81.8 Å². The summed E-state index contributed by atoms with van der Waals surface area (Å²) in [6.45, 7) is 1.58. The van der Waals surface area contributed by atoms with E-state index in [0.717, 1.165) is 0 Å². The Morgan fingerprint density at radius 1 is 0.906 bits per heavy atom. The normalized spacial score (nSPS) is 12.1. The van der Waals surface area contributed by atoms with Crippen molar-refractivity contribution in [3.63, 3.8) is 0 Å². The van der Waals surface area contributed by atoms with Gasteiger partial charge in [0.2, 0.25) is 0 Å². The molecule has 0 aliphatic rings. The largest absolute Gasteiger partial charge is 0.417 e. The molecular formula is C20H16ClN3O6S2. The maximum Gasteiger partial charge on any atom is 0.417 e. The van der Waals surface area contributed by atoms with Gasteiger partial charge in [0.1, 0.15) is 0 Å². The van der Waals surface area contributed by atoms with Gasteiger partial charge in [0.05, 0.1) is 31.7 Å². The van der Waals surface area contributed by atoms with Gasteiger partial charge in [-0.05, 0) is 48.9 Å². The molecule has 0 atom stereocenters. The Morgan fingerprint density at radius 2 is 1.66 bits per heavy atom. The molecule has 0 aliphatic carbocycles. The van der Waals surface area contributed by atoms with E-state index in [9.17, 15) is 21.6 Å². The Balaban J connectivity index is 1.67. The second-order valence-electron chi connectivity index (χ2n) is 6.84. The number of fused-ring (bicyclic) bond motifs is 1. The van der Waals surface area contributed by atoms with Crippen LogP contribution in [0.25, 0.3) is 11.1 Å². The van der Waals surface area contributed by atoms with Gasteiger partial charge in [0.15, 0.2) is 5.58 Å². The summed E-state index contributed by atoms with van der Waals surface area (Å²) in [6, 6.07) is 14.4. The minimum atomic E-state index is -4.10. The number of halogens is 1. The standard InChI is InChI=1S/C20H16ClN3O6S2/c1-12-6-7-13(10-19(12)32(28,29)24-16-5-3-2-4-15(16)21)23-31(26,27)14-8-9-17-18(11-14)30-20(25)22-17/h2-11,23-24H,1H3,(H,22,25). The molecule has 166 valence electrons. The van der Waals surface area contributed by atoms with Crippen LogP contribution in [-0.4, -0.2) is 21.8 Å². The maximum atomic E-state index is 12.9. The average Bonchev–Trinajstić information content (AvgIpc) is 3.10. The third kappa shape index (κ3) is 4.35. The summed E-state index contributed by atoms with van der Waals surface area (Å²) in [5.41, 5.74) is 1.06. The second-order valence-corrected chi connectivity index (χ2v) is 10.6. The quantitative estimate of drug-likeness (QED) is 0.374. The summed E-state index contributed by atoms with van der Waals surface area (Å²) in [5, 5.41) is 0.220. The highest BCUT2D eigenvalue weighted by atomic mass is 35.5. The lowest BCUT2D eigenvalue weighted by Crippen LogP contribution is -2.16. The number of para-hydroxylation sites is 1. The smallest absolute Gasteiger partial charge is 0.408 e. The molecule has 3 aromatic carbocycles. The molecule has 0 saturated heterocycles. The van der Waals surface area contributed by atoms with E-state index in [1.807, 2.05) is 0 Å². The fourth-order valence-corrected chi connectivity index (χ4v) is 5.66. The molecule has 0 saturated carbocycles. The van der Waals surface area contributed by atoms with Crippen molar-refractivity contribution >= 4 is 54.1 Å². The number of oxazole rings is 1. The van der Waals surface area contributed by atoms with Crippen molar-refractivity contribution in [2.75, 3.05) is 9.44 Å². The van der Waals surface area contributed by atoms with Gasteiger partial charge < -0.3 is 4.42 Å². The van der Waals surface area contributed by atoms with E-state index < -0.39 is 25.8 Å². The lowest BCUT2D eigenvalue weighted by atomic mass is 10.2. The van der Waals surface area contributed by atoms with Crippen molar-refractivity contribution in [2.45, 2.75) is 16.7 Å². The molecule has 4 rings (SSSR count). The van der Waals surface area contributed by atoms with Gasteiger partial charge in [-0.2, -0.15) is 0 Å². The first-order valence-corrected chi connectivity index (χ1v) is 12.4. The highest BCUT2D eigenvalue weighted by Crippen LogP contribution is 2.28. The second kappa shape index (κ2) is 8.01. The molecule has 12 heteroatoms. The minimum absolute atomic E-state index is 0.0331. The van der Waals surface area contributed by atoms with Crippen LogP contribution >= 0.6 is 11.6 Å². The van der Waals surface area contributed by atoms with E-state index in [4.69, 9.17) is 16.0 Å². The van der Waals surface area contributed by atoms with Crippen LogP contribution in [0.2, 0.25) is 5.02 Å². The number of nitrogens with one attached hydrogen (secondary N) is 3. The maximum absolute atomic E-state index is 12.9. The van der Waals surface area contributed by atoms with Crippen LogP contribution in [0.3, 0.4) is 0 Å². The molecule has 0 amide bonds. The molecule has 0 aliphatic heterocycles. The summed E-state index contributed by atoms with van der Waals surface area (Å²) in [7, 11) is -8.16. The van der Waals surface area contributed by atoms with Crippen LogP contribution in [0.1, 0.15) is 5.56 Å². The van der Waals surface area contributed by atoms with Gasteiger partial charge in [-0.3, -0.25) is 14.4 Å². The topological polar surface area (TPSA) is 138 Å². The van der Waals surface area contributed by atoms with Crippen LogP contribution in [-0.2, 0) is 20.0 Å². The predicted octanol–water partition coefficient (Wildman–Crippen LogP) is 3.68. The zero-order chi connectivity index (χ0) is 23.1. The molecule has 0 fully saturated rings. The fourth-order valence-electron chi connectivity index (χ4n) is 3.00. The van der Waals surface area contributed by atoms with Crippen LogP contribution in [0.4, 0.5) is 11.4 Å². The highest BCUT2D eigenvalue weighted by molar-refractivity contribution is 7.93. The number of hydrogen-bond donors (Lipinski definition) is 3. The van der Waals surface area contributed by atoms with Crippen molar-refractivity contribution in [2.24, 2.45) is 0 Å². The summed E-state index contributed by atoms with van der Waals surface area (Å²) >= 11 is 6.04. The average molecular weight is 494 g/mol. The SMILES string of the molecule is Cc1ccc(NS(=O)(=O)c2ccc3[nH]c(=O)oc3c2)cc1S(=O)(=O)Nc1ccccc1Cl. The molecule has 0 bridgehead atoms. The summed E-state index contributed by atoms with van der Waals surface area (Å²) in [5.74, 6) is -0.707. The monoisotopic (exact) mass is 493 g/mol. The Labute approximate surface area is 188 Å². The van der Waals surface area contributed by atoms with E-state index >= 15 is 0 Å². The van der Waals surface area contributed by atoms with E-state index in [1.54, 1.807) is 25.1 Å². The van der Waals surface area contributed by atoms with Gasteiger partial charge in [0.25, 0.3) is 20.0 Å². The Hall–Kier alpha value is -3.28. The number of benzene rings is 3. The van der Waals surface area contributed by atoms with Crippen LogP contribution in [0, 0.1) is 6.92 Å². The number of hydrogen-bond acceptors (Lipinski definition) is 6. The first-order chi connectivity index (χ1) is 15.0. The molecule has 0 spiro atoms. The lowest BCUT2D eigenvalue weighted by molar-refractivity contribution is 0.554. The zero-order valence-electron chi connectivity index (χ0n) is 16.4. The fraction of sp³-hybridized carbons (Fsp3) is 0.0500. The third-order valence-electron chi connectivity index (χ3n) is 4.55. The minimum Gasteiger partial charge on any atom is -0.408 e. The van der Waals surface area contributed by atoms with E-state index in [-0.39, 0.29) is 31.8 Å². The summed E-state index contributed by atoms with van der Waals surface area (Å²) in [6.07, 6.45) is 0. The summed E-state index contributed by atoms with van der Waals surface area (Å²) < 4.78 is 61.1. The molecular weight excluding hydrogens is 478 g/mol. The molecule has 32 heavy (non-hydrogen) atoms. The first kappa shape index (κ1) is 21.9. The number of aromatic amines is 1. The number of H-pyrrole nitrogens is 1. The van der Waals surface area contributed by atoms with Crippen molar-refractivity contribution in [1.29, 1.82) is 0 Å². The predicted molar refractivity (Wildman–Crippen MR) is 121 cm³/mol. The van der Waals surface area contributed by atoms with Gasteiger partial charge in [-0.1, -0.05) is 29.8 Å². The summed E-state index contributed by atoms with van der Waals surface area (Å²) in [4.78, 5) is 13.4. The molecule has 0 radical (unpaired) electrons. The van der Waals surface area contributed by atoms with E-state index in [1.165, 1.54) is 42.5 Å². The number of aromatic nitrogens is 1. The zero-order valence-corrected chi connectivity index (χ0v) is 18.8. The van der Waals surface area contributed by atoms with E-state index in [2.05, 4.69) is 14.4 Å². The molecule has 9 nitrogen and oxygen atoms in total. The Bertz CT molecular complexity index is 1610. The van der Waals surface area contributed by atoms with Gasteiger partial charge in [-0.15, -0.1) is 0 Å². The molecule has 3 N–H and O–H groups in total. The van der Waals surface area contributed by atoms with Crippen LogP contribution < -0.4 is 15.2 Å². The van der Waals surface area contributed by atoms with Crippen molar-refractivity contribution in [1.82, 2.24) is 4.98 Å². The molecule has 0 unspecified atom stereocenters. The molecule has 1 aromatic heterocycles. The third-order valence-corrected chi connectivity index (χ3v) is 7.77. The van der Waals surface area contributed by atoms with Crippen molar-refractivity contribution in [3.8, 4) is 0 Å². The van der Waals surface area contributed by atoms with E-state index in [0.29, 0.717) is 11.1 Å². The van der Waals surface area contributed by atoms with Crippen LogP contribution in [0.15, 0.2) is 79.7 Å². The first-order valence-electron chi connectivity index (χ1n) is 9.09. The van der Waals surface area contributed by atoms with Gasteiger partial charge in [-0.25, -0.2) is 21.6 Å². The number of aryl methyl sites for hydroxylation is 1. The molecule has 4 aromatic rings. The van der Waals surface area contributed by atoms with Crippen molar-refractivity contribution < 1.29 is 21.3 Å². The lowest BCUT2D eigenvalue weighted by Gasteiger charge is -2.14. The van der Waals surface area contributed by atoms with Gasteiger partial charge in [0, 0.05) is 6.07 Å².